The van der Waals surface area contributed by atoms with Crippen LogP contribution in [0.2, 0.25) is 5.02 Å². The standard InChI is InChI=1S/C11H9ClO/c1-8-6-7-11(13-8)9-4-2-3-5-10(9)12/h2-7H,1H3. The first-order valence-corrected chi connectivity index (χ1v) is 4.46. The highest BCUT2D eigenvalue weighted by Crippen LogP contribution is 2.28. The molecule has 1 nitrogen and oxygen atoms in total. The third-order valence-corrected chi connectivity index (χ3v) is 2.21. The van der Waals surface area contributed by atoms with E-state index in [1.807, 2.05) is 43.3 Å². The average Bonchev–Trinajstić information content (AvgIpc) is 2.53. The Morgan fingerprint density at radius 3 is 2.46 bits per heavy atom. The number of hydrogen-bond donors (Lipinski definition) is 0. The van der Waals surface area contributed by atoms with Crippen molar-refractivity contribution in [2.45, 2.75) is 6.92 Å². The van der Waals surface area contributed by atoms with Crippen molar-refractivity contribution in [3.63, 3.8) is 0 Å². The molecule has 0 aliphatic heterocycles. The van der Waals surface area contributed by atoms with Gasteiger partial charge >= 0.3 is 0 Å². The van der Waals surface area contributed by atoms with Crippen LogP contribution in [0, 0.1) is 6.92 Å². The molecular formula is C11H9ClO. The summed E-state index contributed by atoms with van der Waals surface area (Å²) in [6.07, 6.45) is 0. The predicted molar refractivity (Wildman–Crippen MR) is 53.9 cm³/mol. The van der Waals surface area contributed by atoms with Gasteiger partial charge in [-0.15, -0.1) is 0 Å². The molecule has 13 heavy (non-hydrogen) atoms. The molecule has 1 heterocycles. The summed E-state index contributed by atoms with van der Waals surface area (Å²) in [5, 5.41) is 0.719. The van der Waals surface area contributed by atoms with Crippen molar-refractivity contribution in [2.75, 3.05) is 0 Å². The zero-order valence-corrected chi connectivity index (χ0v) is 8.01. The van der Waals surface area contributed by atoms with Gasteiger partial charge in [-0.05, 0) is 31.2 Å². The molecule has 0 amide bonds. The maximum Gasteiger partial charge on any atom is 0.135 e. The van der Waals surface area contributed by atoms with Gasteiger partial charge in [0.25, 0.3) is 0 Å². The summed E-state index contributed by atoms with van der Waals surface area (Å²) < 4.78 is 5.47. The Morgan fingerprint density at radius 2 is 1.85 bits per heavy atom. The first-order chi connectivity index (χ1) is 6.27. The Balaban J connectivity index is 2.52. The monoisotopic (exact) mass is 192 g/mol. The second-order valence-corrected chi connectivity index (χ2v) is 3.30. The van der Waals surface area contributed by atoms with Crippen molar-refractivity contribution >= 4 is 11.6 Å². The molecule has 0 unspecified atom stereocenters. The van der Waals surface area contributed by atoms with Crippen molar-refractivity contribution in [1.29, 1.82) is 0 Å². The number of hydrogen-bond acceptors (Lipinski definition) is 1. The summed E-state index contributed by atoms with van der Waals surface area (Å²) in [6.45, 7) is 1.92. The lowest BCUT2D eigenvalue weighted by Crippen LogP contribution is -1.74. The van der Waals surface area contributed by atoms with E-state index >= 15 is 0 Å². The first-order valence-electron chi connectivity index (χ1n) is 4.09. The van der Waals surface area contributed by atoms with E-state index in [-0.39, 0.29) is 0 Å². The number of benzene rings is 1. The summed E-state index contributed by atoms with van der Waals surface area (Å²) in [4.78, 5) is 0. The van der Waals surface area contributed by atoms with Crippen LogP contribution in [0.3, 0.4) is 0 Å². The van der Waals surface area contributed by atoms with Crippen LogP contribution in [-0.2, 0) is 0 Å². The van der Waals surface area contributed by atoms with Crippen molar-refractivity contribution in [1.82, 2.24) is 0 Å². The van der Waals surface area contributed by atoms with Gasteiger partial charge in [0.2, 0.25) is 0 Å². The minimum absolute atomic E-state index is 0.719. The fourth-order valence-electron chi connectivity index (χ4n) is 1.24. The molecule has 0 atom stereocenters. The second kappa shape index (κ2) is 3.27. The lowest BCUT2D eigenvalue weighted by atomic mass is 10.2. The first kappa shape index (κ1) is 8.39. The molecule has 0 aliphatic rings. The minimum atomic E-state index is 0.719. The third kappa shape index (κ3) is 1.61. The van der Waals surface area contributed by atoms with E-state index in [0.717, 1.165) is 22.1 Å². The predicted octanol–water partition coefficient (Wildman–Crippen LogP) is 3.91. The maximum atomic E-state index is 6.01. The molecule has 0 saturated carbocycles. The van der Waals surface area contributed by atoms with Crippen LogP contribution in [0.1, 0.15) is 5.76 Å². The van der Waals surface area contributed by atoms with Crippen LogP contribution >= 0.6 is 11.6 Å². The zero-order valence-electron chi connectivity index (χ0n) is 7.25. The molecule has 0 aliphatic carbocycles. The number of rotatable bonds is 1. The van der Waals surface area contributed by atoms with Gasteiger partial charge in [0, 0.05) is 5.56 Å². The van der Waals surface area contributed by atoms with E-state index < -0.39 is 0 Å². The molecule has 2 heteroatoms. The molecule has 0 radical (unpaired) electrons. The lowest BCUT2D eigenvalue weighted by molar-refractivity contribution is 0.548. The highest BCUT2D eigenvalue weighted by atomic mass is 35.5. The third-order valence-electron chi connectivity index (χ3n) is 1.88. The van der Waals surface area contributed by atoms with Gasteiger partial charge in [0.05, 0.1) is 5.02 Å². The summed E-state index contributed by atoms with van der Waals surface area (Å²) in [5.74, 6) is 1.72. The Bertz CT molecular complexity index is 418. The molecule has 0 N–H and O–H groups in total. The Kier molecular flexibility index (Phi) is 2.11. The molecule has 1 aromatic carbocycles. The van der Waals surface area contributed by atoms with Crippen LogP contribution in [-0.4, -0.2) is 0 Å². The van der Waals surface area contributed by atoms with Crippen LogP contribution in [0.15, 0.2) is 40.8 Å². The lowest BCUT2D eigenvalue weighted by Gasteiger charge is -1.98. The van der Waals surface area contributed by atoms with Crippen LogP contribution < -0.4 is 0 Å². The van der Waals surface area contributed by atoms with E-state index in [1.165, 1.54) is 0 Å². The van der Waals surface area contributed by atoms with Gasteiger partial charge in [-0.25, -0.2) is 0 Å². The molecule has 66 valence electrons. The summed E-state index contributed by atoms with van der Waals surface area (Å²) >= 11 is 6.01. The van der Waals surface area contributed by atoms with Crippen molar-refractivity contribution < 1.29 is 4.42 Å². The van der Waals surface area contributed by atoms with Gasteiger partial charge in [-0.3, -0.25) is 0 Å². The van der Waals surface area contributed by atoms with Crippen molar-refractivity contribution in [2.24, 2.45) is 0 Å². The van der Waals surface area contributed by atoms with Crippen LogP contribution in [0.5, 0.6) is 0 Å². The molecule has 0 bridgehead atoms. The average molecular weight is 193 g/mol. The van der Waals surface area contributed by atoms with E-state index in [2.05, 4.69) is 0 Å². The summed E-state index contributed by atoms with van der Waals surface area (Å²) in [7, 11) is 0. The number of halogens is 1. The Labute approximate surface area is 82.0 Å². The summed E-state index contributed by atoms with van der Waals surface area (Å²) in [6, 6.07) is 11.5. The molecule has 2 aromatic rings. The summed E-state index contributed by atoms with van der Waals surface area (Å²) in [5.41, 5.74) is 0.942. The Morgan fingerprint density at radius 1 is 1.08 bits per heavy atom. The minimum Gasteiger partial charge on any atom is -0.461 e. The Hall–Kier alpha value is -1.21. The maximum absolute atomic E-state index is 6.01. The van der Waals surface area contributed by atoms with Crippen LogP contribution in [0.25, 0.3) is 11.3 Å². The molecule has 2 rings (SSSR count). The van der Waals surface area contributed by atoms with E-state index in [9.17, 15) is 0 Å². The second-order valence-electron chi connectivity index (χ2n) is 2.89. The zero-order chi connectivity index (χ0) is 9.26. The number of furan rings is 1. The molecule has 0 fully saturated rings. The van der Waals surface area contributed by atoms with Gasteiger partial charge < -0.3 is 4.42 Å². The fourth-order valence-corrected chi connectivity index (χ4v) is 1.47. The molecule has 0 spiro atoms. The van der Waals surface area contributed by atoms with Gasteiger partial charge in [0.15, 0.2) is 0 Å². The van der Waals surface area contributed by atoms with Crippen molar-refractivity contribution in [3.8, 4) is 11.3 Å². The van der Waals surface area contributed by atoms with Crippen LogP contribution in [0.4, 0.5) is 0 Å². The highest BCUT2D eigenvalue weighted by Gasteiger charge is 2.05. The quantitative estimate of drug-likeness (QED) is 0.668. The highest BCUT2D eigenvalue weighted by molar-refractivity contribution is 6.33. The smallest absolute Gasteiger partial charge is 0.135 e. The topological polar surface area (TPSA) is 13.1 Å². The van der Waals surface area contributed by atoms with E-state index in [1.54, 1.807) is 0 Å². The van der Waals surface area contributed by atoms with Gasteiger partial charge in [0.1, 0.15) is 11.5 Å². The SMILES string of the molecule is Cc1ccc(-c2ccccc2Cl)o1. The fraction of sp³-hybridized carbons (Fsp3) is 0.0909. The van der Waals surface area contributed by atoms with E-state index in [0.29, 0.717) is 0 Å². The normalized spacial score (nSPS) is 10.3. The molecule has 0 saturated heterocycles. The van der Waals surface area contributed by atoms with Gasteiger partial charge in [-0.1, -0.05) is 23.7 Å². The molecule has 1 aromatic heterocycles. The largest absolute Gasteiger partial charge is 0.461 e. The van der Waals surface area contributed by atoms with Gasteiger partial charge in [-0.2, -0.15) is 0 Å². The molecular weight excluding hydrogens is 184 g/mol. The van der Waals surface area contributed by atoms with E-state index in [4.69, 9.17) is 16.0 Å². The number of aryl methyl sites for hydroxylation is 1. The van der Waals surface area contributed by atoms with Crippen molar-refractivity contribution in [3.05, 3.63) is 47.2 Å².